The van der Waals surface area contributed by atoms with Gasteiger partial charge < -0.3 is 0 Å². The third kappa shape index (κ3) is 5.15. The first-order chi connectivity index (χ1) is 33.8. The van der Waals surface area contributed by atoms with Gasteiger partial charge in [0.25, 0.3) is 0 Å². The van der Waals surface area contributed by atoms with Crippen LogP contribution in [0.25, 0.3) is 154 Å². The molecule has 0 saturated carbocycles. The van der Waals surface area contributed by atoms with Crippen LogP contribution in [-0.2, 0) is 0 Å². The van der Waals surface area contributed by atoms with Gasteiger partial charge in [0, 0.05) is 0 Å². The van der Waals surface area contributed by atoms with Crippen LogP contribution >= 0.6 is 0 Å². The van der Waals surface area contributed by atoms with E-state index in [2.05, 4.69) is 243 Å². The van der Waals surface area contributed by atoms with Crippen LogP contribution in [0.1, 0.15) is 0 Å². The predicted molar refractivity (Wildman–Crippen MR) is 289 cm³/mol. The minimum Gasteiger partial charge on any atom is -0.0622 e. The Kier molecular flexibility index (Phi) is 7.88. The van der Waals surface area contributed by atoms with Crippen LogP contribution in [0, 0.1) is 0 Å². The molecular formula is C68H40. The van der Waals surface area contributed by atoms with Crippen molar-refractivity contribution >= 4 is 43.1 Å². The summed E-state index contributed by atoms with van der Waals surface area (Å²) >= 11 is 0. The smallest absolute Gasteiger partial charge is 0.00136 e. The van der Waals surface area contributed by atoms with Crippen molar-refractivity contribution in [2.75, 3.05) is 0 Å². The van der Waals surface area contributed by atoms with E-state index in [-0.39, 0.29) is 0 Å². The summed E-state index contributed by atoms with van der Waals surface area (Å²) < 4.78 is 0. The normalized spacial score (nSPS) is 12.1. The SMILES string of the molecule is c1ccc(-c2c(-c3ccccc3)c(-c3ccccc3)c(-c3ccc4c(c3)-c3ccc5c6ccc7c8c(ccc(c9ccc-4c3c95)c86)-c3ccccc3-7)c(-c3ccccc3)c2-c2ccccc2)cc1. The molecule has 312 valence electrons. The first-order valence-corrected chi connectivity index (χ1v) is 23.8. The highest BCUT2D eigenvalue weighted by atomic mass is 14.3. The summed E-state index contributed by atoms with van der Waals surface area (Å²) in [6, 6.07) is 90.8. The Balaban J connectivity index is 1.06. The fraction of sp³-hybridized carbons (Fsp3) is 0. The van der Waals surface area contributed by atoms with Crippen LogP contribution in [0.15, 0.2) is 243 Å². The maximum atomic E-state index is 2.52. The second-order valence-electron chi connectivity index (χ2n) is 18.5. The molecule has 15 rings (SSSR count). The van der Waals surface area contributed by atoms with Crippen molar-refractivity contribution in [2.45, 2.75) is 0 Å². The summed E-state index contributed by atoms with van der Waals surface area (Å²) in [5.41, 5.74) is 25.0. The highest BCUT2D eigenvalue weighted by Crippen LogP contribution is 2.59. The summed E-state index contributed by atoms with van der Waals surface area (Å²) in [4.78, 5) is 0. The maximum absolute atomic E-state index is 2.52. The highest BCUT2D eigenvalue weighted by molar-refractivity contribution is 6.40. The Morgan fingerprint density at radius 1 is 0.147 bits per heavy atom. The first kappa shape index (κ1) is 37.4. The van der Waals surface area contributed by atoms with Crippen LogP contribution in [-0.4, -0.2) is 0 Å². The zero-order valence-corrected chi connectivity index (χ0v) is 37.1. The number of hydrogen-bond donors (Lipinski definition) is 0. The minimum atomic E-state index is 1.18. The van der Waals surface area contributed by atoms with Crippen molar-refractivity contribution in [1.29, 1.82) is 0 Å². The van der Waals surface area contributed by atoms with Gasteiger partial charge in [0.15, 0.2) is 0 Å². The van der Waals surface area contributed by atoms with Gasteiger partial charge in [-0.25, -0.2) is 0 Å². The molecule has 0 fully saturated rings. The van der Waals surface area contributed by atoms with Gasteiger partial charge in [0.2, 0.25) is 0 Å². The van der Waals surface area contributed by atoms with Crippen molar-refractivity contribution in [3.8, 4) is 111 Å². The summed E-state index contributed by atoms with van der Waals surface area (Å²) in [7, 11) is 0. The van der Waals surface area contributed by atoms with Gasteiger partial charge in [-0.2, -0.15) is 0 Å². The van der Waals surface area contributed by atoms with Crippen LogP contribution in [0.4, 0.5) is 0 Å². The molecule has 13 aromatic rings. The van der Waals surface area contributed by atoms with E-state index < -0.39 is 0 Å². The van der Waals surface area contributed by atoms with E-state index >= 15 is 0 Å². The maximum Gasteiger partial charge on any atom is -0.00136 e. The molecule has 0 aromatic heterocycles. The third-order valence-electron chi connectivity index (χ3n) is 15.1. The molecule has 0 atom stereocenters. The zero-order chi connectivity index (χ0) is 44.5. The monoisotopic (exact) mass is 856 g/mol. The average Bonchev–Trinajstić information content (AvgIpc) is 3.93. The molecule has 0 spiro atoms. The molecule has 13 aromatic carbocycles. The molecular weight excluding hydrogens is 817 g/mol. The third-order valence-corrected chi connectivity index (χ3v) is 15.1. The van der Waals surface area contributed by atoms with Crippen LogP contribution in [0.5, 0.6) is 0 Å². The Hall–Kier alpha value is -8.84. The molecule has 0 heteroatoms. The Labute approximate surface area is 395 Å². The summed E-state index contributed by atoms with van der Waals surface area (Å²) in [6.07, 6.45) is 0. The standard InChI is InChI=1S/C68H40/c1-6-18-41(19-7-1)59-60(42-20-8-2-9-21-42)62(44-24-12-4-13-25-44)64(63(45-26-14-5-15-27-45)61(59)43-22-10-3-11-23-43)46-30-31-49-52-34-37-55-53-35-32-50-47-28-16-17-29-48(47)51-33-36-54(67(53)65(50)51)56-38-39-57(58(49)40-46)66(52)68(55)56/h1-40H. The molecule has 0 N–H and O–H groups in total. The van der Waals surface area contributed by atoms with Gasteiger partial charge in [-0.1, -0.05) is 237 Å². The second kappa shape index (κ2) is 14.3. The fourth-order valence-corrected chi connectivity index (χ4v) is 12.4. The van der Waals surface area contributed by atoms with Gasteiger partial charge in [0.1, 0.15) is 0 Å². The van der Waals surface area contributed by atoms with Gasteiger partial charge in [-0.3, -0.25) is 0 Å². The molecule has 0 aliphatic heterocycles. The van der Waals surface area contributed by atoms with E-state index in [1.54, 1.807) is 0 Å². The largest absolute Gasteiger partial charge is 0.0622 e. The molecule has 0 unspecified atom stereocenters. The van der Waals surface area contributed by atoms with Crippen LogP contribution in [0.3, 0.4) is 0 Å². The Bertz CT molecular complexity index is 4010. The lowest BCUT2D eigenvalue weighted by atomic mass is 9.74. The molecule has 0 nitrogen and oxygen atoms in total. The minimum absolute atomic E-state index is 1.18. The van der Waals surface area contributed by atoms with Crippen LogP contribution in [0.2, 0.25) is 0 Å². The molecule has 0 radical (unpaired) electrons. The fourth-order valence-electron chi connectivity index (χ4n) is 12.4. The first-order valence-electron chi connectivity index (χ1n) is 23.8. The number of rotatable bonds is 6. The Morgan fingerprint density at radius 2 is 0.397 bits per heavy atom. The molecule has 2 aliphatic rings. The van der Waals surface area contributed by atoms with E-state index in [9.17, 15) is 0 Å². The Morgan fingerprint density at radius 3 is 0.721 bits per heavy atom. The lowest BCUT2D eigenvalue weighted by Gasteiger charge is -2.29. The lowest BCUT2D eigenvalue weighted by molar-refractivity contribution is 1.51. The summed E-state index contributed by atoms with van der Waals surface area (Å²) in [6.45, 7) is 0. The quantitative estimate of drug-likeness (QED) is 0.115. The average molecular weight is 857 g/mol. The van der Waals surface area contributed by atoms with Crippen molar-refractivity contribution < 1.29 is 0 Å². The highest BCUT2D eigenvalue weighted by Gasteiger charge is 2.32. The molecule has 2 aliphatic carbocycles. The molecule has 0 saturated heterocycles. The van der Waals surface area contributed by atoms with E-state index in [1.165, 1.54) is 154 Å². The van der Waals surface area contributed by atoms with Gasteiger partial charge in [-0.05, 0) is 160 Å². The van der Waals surface area contributed by atoms with Crippen molar-refractivity contribution in [2.24, 2.45) is 0 Å². The molecule has 0 bridgehead atoms. The number of hydrogen-bond acceptors (Lipinski definition) is 0. The molecule has 0 amide bonds. The molecule has 68 heavy (non-hydrogen) atoms. The number of benzene rings is 13. The van der Waals surface area contributed by atoms with Gasteiger partial charge in [-0.15, -0.1) is 0 Å². The van der Waals surface area contributed by atoms with E-state index in [4.69, 9.17) is 0 Å². The number of fused-ring (bicyclic) bond motifs is 8. The summed E-state index contributed by atoms with van der Waals surface area (Å²) in [5.74, 6) is 0. The second-order valence-corrected chi connectivity index (χ2v) is 18.5. The van der Waals surface area contributed by atoms with Crippen molar-refractivity contribution in [3.05, 3.63) is 243 Å². The topological polar surface area (TPSA) is 0 Å². The predicted octanol–water partition coefficient (Wildman–Crippen LogP) is 19.0. The van der Waals surface area contributed by atoms with E-state index in [1.807, 2.05) is 0 Å². The molecule has 0 heterocycles. The van der Waals surface area contributed by atoms with Gasteiger partial charge in [0.05, 0.1) is 0 Å². The van der Waals surface area contributed by atoms with E-state index in [0.29, 0.717) is 0 Å². The lowest BCUT2D eigenvalue weighted by Crippen LogP contribution is -2.02. The van der Waals surface area contributed by atoms with Gasteiger partial charge >= 0.3 is 0 Å². The van der Waals surface area contributed by atoms with Crippen LogP contribution < -0.4 is 0 Å². The van der Waals surface area contributed by atoms with E-state index in [0.717, 1.165) is 0 Å². The summed E-state index contributed by atoms with van der Waals surface area (Å²) in [5, 5.41) is 10.8. The van der Waals surface area contributed by atoms with Crippen molar-refractivity contribution in [1.82, 2.24) is 0 Å². The zero-order valence-electron chi connectivity index (χ0n) is 37.1. The van der Waals surface area contributed by atoms with Crippen molar-refractivity contribution in [3.63, 3.8) is 0 Å².